The second-order valence-corrected chi connectivity index (χ2v) is 9.23. The number of amides is 1. The van der Waals surface area contributed by atoms with Crippen LogP contribution in [-0.2, 0) is 6.54 Å². The summed E-state index contributed by atoms with van der Waals surface area (Å²) in [4.78, 5) is 19.5. The van der Waals surface area contributed by atoms with Crippen LogP contribution in [0.2, 0.25) is 0 Å². The number of aromatic nitrogens is 1. The fourth-order valence-electron chi connectivity index (χ4n) is 4.46. The van der Waals surface area contributed by atoms with Crippen molar-refractivity contribution < 1.29 is 13.7 Å². The van der Waals surface area contributed by atoms with Gasteiger partial charge >= 0.3 is 0 Å². The van der Waals surface area contributed by atoms with Crippen molar-refractivity contribution in [3.8, 4) is 11.3 Å². The predicted octanol–water partition coefficient (Wildman–Crippen LogP) is 5.06. The molecule has 2 aromatic carbocycles. The fraction of sp³-hybridized carbons (Fsp3) is 0.407. The van der Waals surface area contributed by atoms with E-state index in [4.69, 9.17) is 4.52 Å². The van der Waals surface area contributed by atoms with E-state index in [1.165, 1.54) is 12.5 Å². The first-order valence-corrected chi connectivity index (χ1v) is 11.9. The molecule has 0 bridgehead atoms. The number of rotatable bonds is 8. The van der Waals surface area contributed by atoms with E-state index in [9.17, 15) is 9.18 Å². The second kappa shape index (κ2) is 10.8. The number of nitrogens with zero attached hydrogens (tertiary/aromatic N) is 4. The van der Waals surface area contributed by atoms with Crippen LogP contribution in [0.1, 0.15) is 42.1 Å². The van der Waals surface area contributed by atoms with E-state index in [1.807, 2.05) is 49.3 Å². The highest BCUT2D eigenvalue weighted by Gasteiger charge is 2.30. The maximum atomic E-state index is 14.5. The van der Waals surface area contributed by atoms with Crippen LogP contribution in [0.4, 0.5) is 10.3 Å². The molecule has 180 valence electrons. The number of hydrogen-bond acceptors (Lipinski definition) is 5. The van der Waals surface area contributed by atoms with E-state index in [0.29, 0.717) is 25.0 Å². The van der Waals surface area contributed by atoms with E-state index in [0.717, 1.165) is 36.2 Å². The Morgan fingerprint density at radius 1 is 1.09 bits per heavy atom. The quantitative estimate of drug-likeness (QED) is 0.466. The monoisotopic (exact) mass is 464 g/mol. The normalized spacial score (nSPS) is 16.1. The van der Waals surface area contributed by atoms with Gasteiger partial charge in [0.15, 0.2) is 0 Å². The molecule has 2 heterocycles. The molecule has 7 heteroatoms. The first-order chi connectivity index (χ1) is 16.5. The van der Waals surface area contributed by atoms with Gasteiger partial charge < -0.3 is 19.2 Å². The summed E-state index contributed by atoms with van der Waals surface area (Å²) in [6, 6.07) is 16.4. The van der Waals surface area contributed by atoms with Gasteiger partial charge in [0, 0.05) is 31.2 Å². The van der Waals surface area contributed by atoms with Gasteiger partial charge in [-0.2, -0.15) is 0 Å². The van der Waals surface area contributed by atoms with Crippen LogP contribution in [0.25, 0.3) is 11.3 Å². The minimum Gasteiger partial charge on any atom is -0.338 e. The molecule has 0 unspecified atom stereocenters. The highest BCUT2D eigenvalue weighted by atomic mass is 19.1. The van der Waals surface area contributed by atoms with E-state index in [-0.39, 0.29) is 18.0 Å². The average molecular weight is 465 g/mol. The lowest BCUT2D eigenvalue weighted by atomic mass is 10.0. The van der Waals surface area contributed by atoms with Gasteiger partial charge in [0.2, 0.25) is 5.88 Å². The first-order valence-electron chi connectivity index (χ1n) is 11.9. The van der Waals surface area contributed by atoms with Gasteiger partial charge in [-0.15, -0.1) is 0 Å². The summed E-state index contributed by atoms with van der Waals surface area (Å²) in [6.45, 7) is 4.47. The van der Waals surface area contributed by atoms with E-state index in [2.05, 4.69) is 17.0 Å². The summed E-state index contributed by atoms with van der Waals surface area (Å²) >= 11 is 0. The number of carbonyl (C=O) groups is 1. The maximum Gasteiger partial charge on any atom is 0.257 e. The topological polar surface area (TPSA) is 52.8 Å². The van der Waals surface area contributed by atoms with Crippen LogP contribution in [-0.4, -0.2) is 60.6 Å². The molecule has 4 rings (SSSR count). The molecular formula is C27H33FN4O2. The van der Waals surface area contributed by atoms with Gasteiger partial charge in [-0.05, 0) is 52.4 Å². The largest absolute Gasteiger partial charge is 0.338 e. The zero-order chi connectivity index (χ0) is 24.1. The molecule has 1 aliphatic rings. The maximum absolute atomic E-state index is 14.5. The number of hydrogen-bond donors (Lipinski definition) is 0. The van der Waals surface area contributed by atoms with Crippen LogP contribution in [0.3, 0.4) is 0 Å². The number of anilines is 1. The molecule has 0 N–H and O–H groups in total. The molecule has 0 spiro atoms. The minimum atomic E-state index is -0.513. The Kier molecular flexibility index (Phi) is 7.63. The molecule has 1 aromatic heterocycles. The molecule has 1 fully saturated rings. The first kappa shape index (κ1) is 24.0. The minimum absolute atomic E-state index is 0.0758. The third-order valence-electron chi connectivity index (χ3n) is 6.44. The van der Waals surface area contributed by atoms with E-state index >= 15 is 0 Å². The van der Waals surface area contributed by atoms with Crippen molar-refractivity contribution in [3.05, 3.63) is 71.5 Å². The van der Waals surface area contributed by atoms with Crippen molar-refractivity contribution in [1.82, 2.24) is 15.0 Å². The van der Waals surface area contributed by atoms with Crippen LogP contribution >= 0.6 is 0 Å². The van der Waals surface area contributed by atoms with Gasteiger partial charge in [0.1, 0.15) is 11.5 Å². The molecule has 1 amide bonds. The summed E-state index contributed by atoms with van der Waals surface area (Å²) < 4.78 is 20.5. The fourth-order valence-corrected chi connectivity index (χ4v) is 4.46. The van der Waals surface area contributed by atoms with Gasteiger partial charge in [0.25, 0.3) is 5.91 Å². The lowest BCUT2D eigenvalue weighted by molar-refractivity contribution is 0.0727. The van der Waals surface area contributed by atoms with Crippen molar-refractivity contribution in [3.63, 3.8) is 0 Å². The van der Waals surface area contributed by atoms with Crippen LogP contribution in [0.5, 0.6) is 0 Å². The van der Waals surface area contributed by atoms with Crippen molar-refractivity contribution in [2.45, 2.75) is 38.8 Å². The molecule has 0 aliphatic carbocycles. The zero-order valence-electron chi connectivity index (χ0n) is 20.2. The Bertz CT molecular complexity index is 1100. The molecule has 34 heavy (non-hydrogen) atoms. The smallest absolute Gasteiger partial charge is 0.257 e. The van der Waals surface area contributed by atoms with Crippen molar-refractivity contribution >= 4 is 11.8 Å². The third kappa shape index (κ3) is 5.30. The number of likely N-dealkylation sites (N-methyl/N-ethyl adjacent to an activating group) is 1. The summed E-state index contributed by atoms with van der Waals surface area (Å²) in [5.41, 5.74) is 2.60. The Morgan fingerprint density at radius 3 is 2.53 bits per heavy atom. The highest BCUT2D eigenvalue weighted by Crippen LogP contribution is 2.35. The summed E-state index contributed by atoms with van der Waals surface area (Å²) in [6.07, 6.45) is 3.36. The van der Waals surface area contributed by atoms with Crippen molar-refractivity contribution in [2.75, 3.05) is 38.6 Å². The molecule has 6 nitrogen and oxygen atoms in total. The SMILES string of the molecule is C[C@@H]1CCCCN1c1onc(-c2ccccc2)c1CN(CCN(C)C)C(=O)c1ccccc1F. The standard InChI is InChI=1S/C27H33FN4O2/c1-20-11-9-10-16-32(20)27-23(25(29-34-27)21-12-5-4-6-13-21)19-31(18-17-30(2)3)26(33)22-14-7-8-15-24(22)28/h4-8,12-15,20H,9-11,16-19H2,1-3H3/t20-/m1/s1. The van der Waals surface area contributed by atoms with Crippen molar-refractivity contribution in [2.24, 2.45) is 0 Å². The number of carbonyl (C=O) groups excluding carboxylic acids is 1. The summed E-state index contributed by atoms with van der Waals surface area (Å²) in [5, 5.41) is 4.45. The lowest BCUT2D eigenvalue weighted by Crippen LogP contribution is -2.39. The molecule has 0 saturated carbocycles. The van der Waals surface area contributed by atoms with E-state index < -0.39 is 5.82 Å². The average Bonchev–Trinajstić information content (AvgIpc) is 3.25. The number of benzene rings is 2. The van der Waals surface area contributed by atoms with Crippen LogP contribution in [0, 0.1) is 5.82 Å². The van der Waals surface area contributed by atoms with E-state index in [1.54, 1.807) is 23.1 Å². The third-order valence-corrected chi connectivity index (χ3v) is 6.44. The molecule has 1 saturated heterocycles. The van der Waals surface area contributed by atoms with Gasteiger partial charge in [0.05, 0.1) is 17.7 Å². The highest BCUT2D eigenvalue weighted by molar-refractivity contribution is 5.94. The molecule has 1 atom stereocenters. The lowest BCUT2D eigenvalue weighted by Gasteiger charge is -2.34. The molecular weight excluding hydrogens is 431 g/mol. The number of halogens is 1. The van der Waals surface area contributed by atoms with Gasteiger partial charge in [-0.1, -0.05) is 47.6 Å². The number of piperidine rings is 1. The zero-order valence-corrected chi connectivity index (χ0v) is 20.2. The molecule has 1 aliphatic heterocycles. The second-order valence-electron chi connectivity index (χ2n) is 9.23. The Balaban J connectivity index is 1.75. The predicted molar refractivity (Wildman–Crippen MR) is 132 cm³/mol. The summed E-state index contributed by atoms with van der Waals surface area (Å²) in [7, 11) is 3.92. The van der Waals surface area contributed by atoms with Crippen LogP contribution in [0.15, 0.2) is 59.1 Å². The van der Waals surface area contributed by atoms with Crippen LogP contribution < -0.4 is 4.90 Å². The Morgan fingerprint density at radius 2 is 1.82 bits per heavy atom. The van der Waals surface area contributed by atoms with Gasteiger partial charge in [-0.3, -0.25) is 4.79 Å². The Labute approximate surface area is 200 Å². The van der Waals surface area contributed by atoms with Gasteiger partial charge in [-0.25, -0.2) is 4.39 Å². The molecule has 0 radical (unpaired) electrons. The molecule has 3 aromatic rings. The Hall–Kier alpha value is -3.19. The summed E-state index contributed by atoms with van der Waals surface area (Å²) in [5.74, 6) is -0.138. The van der Waals surface area contributed by atoms with Crippen molar-refractivity contribution in [1.29, 1.82) is 0 Å².